The molecule has 1 fully saturated rings. The van der Waals surface area contributed by atoms with E-state index in [1.807, 2.05) is 29.3 Å². The first-order chi connectivity index (χ1) is 11.2. The van der Waals surface area contributed by atoms with Gasteiger partial charge in [0.05, 0.1) is 0 Å². The van der Waals surface area contributed by atoms with E-state index in [1.165, 1.54) is 11.3 Å². The van der Waals surface area contributed by atoms with Crippen LogP contribution in [-0.2, 0) is 0 Å². The number of carbonyl (C=O) groups is 1. The second kappa shape index (κ2) is 7.27. The van der Waals surface area contributed by atoms with E-state index in [0.717, 1.165) is 55.5 Å². The summed E-state index contributed by atoms with van der Waals surface area (Å²) in [7, 11) is 0. The maximum absolute atomic E-state index is 12.6. The Morgan fingerprint density at radius 1 is 1.43 bits per heavy atom. The third-order valence-corrected chi connectivity index (χ3v) is 5.12. The quantitative estimate of drug-likeness (QED) is 0.913. The fourth-order valence-corrected chi connectivity index (χ4v) is 3.64. The third kappa shape index (κ3) is 3.82. The molecule has 1 N–H and O–H groups in total. The molecule has 6 heteroatoms. The number of amides is 1. The van der Waals surface area contributed by atoms with Gasteiger partial charge in [-0.2, -0.15) is 0 Å². The highest BCUT2D eigenvalue weighted by molar-refractivity contribution is 7.13. The minimum atomic E-state index is 0.0395. The van der Waals surface area contributed by atoms with Crippen LogP contribution in [-0.4, -0.2) is 42.0 Å². The van der Waals surface area contributed by atoms with Crippen molar-refractivity contribution in [3.05, 3.63) is 29.0 Å². The van der Waals surface area contributed by atoms with Gasteiger partial charge in [-0.15, -0.1) is 11.3 Å². The Bertz CT molecular complexity index is 656. The van der Waals surface area contributed by atoms with E-state index >= 15 is 0 Å². The van der Waals surface area contributed by atoms with E-state index < -0.39 is 0 Å². The zero-order chi connectivity index (χ0) is 16.2. The standard InChI is InChI=1S/C17H23N3O2S/c1-3-18-10-13-6-8-20(9-7-13)17(21)14-11-23-16(19-14)15-5-4-12(2)22-15/h4-5,11,13,18H,3,6-10H2,1-2H3. The average molecular weight is 333 g/mol. The number of rotatable bonds is 5. The van der Waals surface area contributed by atoms with Gasteiger partial charge >= 0.3 is 0 Å². The topological polar surface area (TPSA) is 58.4 Å². The molecule has 0 aromatic carbocycles. The predicted molar refractivity (Wildman–Crippen MR) is 91.7 cm³/mol. The SMILES string of the molecule is CCNCC1CCN(C(=O)c2csc(-c3ccc(C)o3)n2)CC1. The van der Waals surface area contributed by atoms with Crippen LogP contribution in [0, 0.1) is 12.8 Å². The Kier molecular flexibility index (Phi) is 5.13. The van der Waals surface area contributed by atoms with Crippen molar-refractivity contribution in [2.75, 3.05) is 26.2 Å². The molecular weight excluding hydrogens is 310 g/mol. The molecule has 0 radical (unpaired) electrons. The maximum atomic E-state index is 12.6. The summed E-state index contributed by atoms with van der Waals surface area (Å²) in [6.07, 6.45) is 2.13. The van der Waals surface area contributed by atoms with E-state index in [9.17, 15) is 4.79 Å². The van der Waals surface area contributed by atoms with Crippen LogP contribution >= 0.6 is 11.3 Å². The predicted octanol–water partition coefficient (Wildman–Crippen LogP) is 3.17. The number of aromatic nitrogens is 1. The number of nitrogens with zero attached hydrogens (tertiary/aromatic N) is 2. The maximum Gasteiger partial charge on any atom is 0.273 e. The molecule has 1 aliphatic rings. The molecular formula is C17H23N3O2S. The highest BCUT2D eigenvalue weighted by Gasteiger charge is 2.25. The Morgan fingerprint density at radius 2 is 2.22 bits per heavy atom. The number of carbonyl (C=O) groups excluding carboxylic acids is 1. The Labute approximate surface area is 140 Å². The molecule has 2 aromatic rings. The van der Waals surface area contributed by atoms with E-state index in [1.54, 1.807) is 0 Å². The van der Waals surface area contributed by atoms with Gasteiger partial charge < -0.3 is 14.6 Å². The summed E-state index contributed by atoms with van der Waals surface area (Å²) < 4.78 is 5.58. The van der Waals surface area contributed by atoms with Gasteiger partial charge in [-0.3, -0.25) is 4.79 Å². The highest BCUT2D eigenvalue weighted by atomic mass is 32.1. The Balaban J connectivity index is 1.60. The van der Waals surface area contributed by atoms with Crippen LogP contribution in [0.3, 0.4) is 0 Å². The second-order valence-electron chi connectivity index (χ2n) is 5.99. The first kappa shape index (κ1) is 16.2. The van der Waals surface area contributed by atoms with Crippen molar-refractivity contribution in [2.45, 2.75) is 26.7 Å². The van der Waals surface area contributed by atoms with Crippen LogP contribution in [0.2, 0.25) is 0 Å². The van der Waals surface area contributed by atoms with Crippen LogP contribution in [0.4, 0.5) is 0 Å². The molecule has 23 heavy (non-hydrogen) atoms. The van der Waals surface area contributed by atoms with Crippen molar-refractivity contribution < 1.29 is 9.21 Å². The van der Waals surface area contributed by atoms with Gasteiger partial charge in [0.25, 0.3) is 5.91 Å². The normalized spacial score (nSPS) is 16.0. The first-order valence-corrected chi connectivity index (χ1v) is 9.07. The van der Waals surface area contributed by atoms with Crippen molar-refractivity contribution in [3.63, 3.8) is 0 Å². The largest absolute Gasteiger partial charge is 0.459 e. The van der Waals surface area contributed by atoms with Gasteiger partial charge in [0.1, 0.15) is 11.5 Å². The van der Waals surface area contributed by atoms with E-state index in [0.29, 0.717) is 11.6 Å². The summed E-state index contributed by atoms with van der Waals surface area (Å²) in [5.41, 5.74) is 0.532. The number of hydrogen-bond acceptors (Lipinski definition) is 5. The van der Waals surface area contributed by atoms with Gasteiger partial charge in [-0.25, -0.2) is 4.98 Å². The lowest BCUT2D eigenvalue weighted by Gasteiger charge is -2.31. The molecule has 0 atom stereocenters. The molecule has 3 heterocycles. The zero-order valence-corrected chi connectivity index (χ0v) is 14.5. The Morgan fingerprint density at radius 3 is 2.87 bits per heavy atom. The minimum absolute atomic E-state index is 0.0395. The summed E-state index contributed by atoms with van der Waals surface area (Å²) in [6, 6.07) is 3.81. The molecule has 2 aromatic heterocycles. The van der Waals surface area contributed by atoms with Crippen LogP contribution in [0.1, 0.15) is 36.0 Å². The van der Waals surface area contributed by atoms with Crippen LogP contribution in [0.15, 0.2) is 21.9 Å². The fraction of sp³-hybridized carbons (Fsp3) is 0.529. The molecule has 124 valence electrons. The number of hydrogen-bond donors (Lipinski definition) is 1. The van der Waals surface area contributed by atoms with Gasteiger partial charge in [-0.05, 0) is 50.9 Å². The molecule has 5 nitrogen and oxygen atoms in total. The van der Waals surface area contributed by atoms with E-state index in [-0.39, 0.29) is 5.91 Å². The van der Waals surface area contributed by atoms with Gasteiger partial charge in [0.15, 0.2) is 10.8 Å². The smallest absolute Gasteiger partial charge is 0.273 e. The third-order valence-electron chi connectivity index (χ3n) is 4.26. The first-order valence-electron chi connectivity index (χ1n) is 8.19. The number of furan rings is 1. The second-order valence-corrected chi connectivity index (χ2v) is 6.85. The van der Waals surface area contributed by atoms with Crippen molar-refractivity contribution in [2.24, 2.45) is 5.92 Å². The summed E-state index contributed by atoms with van der Waals surface area (Å²) in [5, 5.41) is 5.99. The fourth-order valence-electron chi connectivity index (χ4n) is 2.89. The molecule has 3 rings (SSSR count). The zero-order valence-electron chi connectivity index (χ0n) is 13.7. The van der Waals surface area contributed by atoms with Gasteiger partial charge in [0, 0.05) is 18.5 Å². The van der Waals surface area contributed by atoms with Gasteiger partial charge in [0.2, 0.25) is 0 Å². The van der Waals surface area contributed by atoms with E-state index in [4.69, 9.17) is 4.42 Å². The summed E-state index contributed by atoms with van der Waals surface area (Å²) in [5.74, 6) is 2.30. The molecule has 0 saturated carbocycles. The van der Waals surface area contributed by atoms with Gasteiger partial charge in [-0.1, -0.05) is 6.92 Å². The van der Waals surface area contributed by atoms with Crippen LogP contribution in [0.5, 0.6) is 0 Å². The van der Waals surface area contributed by atoms with Crippen LogP contribution < -0.4 is 5.32 Å². The van der Waals surface area contributed by atoms with Crippen molar-refractivity contribution in [3.8, 4) is 10.8 Å². The number of likely N-dealkylation sites (tertiary alicyclic amines) is 1. The molecule has 1 amide bonds. The molecule has 0 unspecified atom stereocenters. The lowest BCUT2D eigenvalue weighted by molar-refractivity contribution is 0.0685. The molecule has 0 bridgehead atoms. The minimum Gasteiger partial charge on any atom is -0.459 e. The number of nitrogens with one attached hydrogen (secondary N) is 1. The van der Waals surface area contributed by atoms with Crippen molar-refractivity contribution in [1.82, 2.24) is 15.2 Å². The molecule has 1 aliphatic heterocycles. The lowest BCUT2D eigenvalue weighted by atomic mass is 9.96. The molecule has 0 spiro atoms. The summed E-state index contributed by atoms with van der Waals surface area (Å²) in [4.78, 5) is 19.0. The average Bonchev–Trinajstić information content (AvgIpc) is 3.21. The number of thiazole rings is 1. The number of piperidine rings is 1. The van der Waals surface area contributed by atoms with Crippen molar-refractivity contribution >= 4 is 17.2 Å². The van der Waals surface area contributed by atoms with Crippen molar-refractivity contribution in [1.29, 1.82) is 0 Å². The lowest BCUT2D eigenvalue weighted by Crippen LogP contribution is -2.40. The van der Waals surface area contributed by atoms with E-state index in [2.05, 4.69) is 17.2 Å². The summed E-state index contributed by atoms with van der Waals surface area (Å²) >= 11 is 1.46. The summed E-state index contributed by atoms with van der Waals surface area (Å²) in [6.45, 7) is 7.73. The molecule has 1 saturated heterocycles. The molecule has 0 aliphatic carbocycles. The Hall–Kier alpha value is -1.66. The van der Waals surface area contributed by atoms with Crippen LogP contribution in [0.25, 0.3) is 10.8 Å². The monoisotopic (exact) mass is 333 g/mol. The highest BCUT2D eigenvalue weighted by Crippen LogP contribution is 2.26. The number of aryl methyl sites for hydroxylation is 1.